The Hall–Kier alpha value is -2.35. The van der Waals surface area contributed by atoms with Crippen LogP contribution in [-0.2, 0) is 32.6 Å². The lowest BCUT2D eigenvalue weighted by Gasteiger charge is -2.41. The first-order valence-electron chi connectivity index (χ1n) is 11.8. The molecule has 0 aliphatic carbocycles. The largest absolute Gasteiger partial charge is 0.442 e. The van der Waals surface area contributed by atoms with Crippen LogP contribution in [0.25, 0.3) is 0 Å². The number of piperazine rings is 1. The number of carbonyl (C=O) groups is 2. The van der Waals surface area contributed by atoms with Crippen LogP contribution >= 0.6 is 7.60 Å². The molecule has 3 rings (SSSR count). The van der Waals surface area contributed by atoms with Crippen LogP contribution in [0, 0.1) is 11.6 Å². The Morgan fingerprint density at radius 2 is 1.78 bits per heavy atom. The molecule has 0 saturated carbocycles. The third-order valence-corrected chi connectivity index (χ3v) is 8.03. The summed E-state index contributed by atoms with van der Waals surface area (Å²) in [4.78, 5) is 25.9. The third-order valence-electron chi connectivity index (χ3n) is 5.75. The highest BCUT2D eigenvalue weighted by Gasteiger charge is 2.44. The zero-order valence-corrected chi connectivity index (χ0v) is 21.9. The molecule has 0 bridgehead atoms. The number of amides is 2. The molecule has 2 heterocycles. The number of anilines is 2. The van der Waals surface area contributed by atoms with E-state index in [1.165, 1.54) is 26.0 Å². The summed E-state index contributed by atoms with van der Waals surface area (Å²) < 4.78 is 71.0. The van der Waals surface area contributed by atoms with Crippen LogP contribution < -0.4 is 20.4 Å². The first kappa shape index (κ1) is 29.2. The molecule has 1 aromatic rings. The predicted octanol–water partition coefficient (Wildman–Crippen LogP) is 1.68. The van der Waals surface area contributed by atoms with Gasteiger partial charge in [0.25, 0.3) is 0 Å². The van der Waals surface area contributed by atoms with E-state index in [1.54, 1.807) is 0 Å². The van der Waals surface area contributed by atoms with Gasteiger partial charge in [-0.15, -0.1) is 0 Å². The van der Waals surface area contributed by atoms with Gasteiger partial charge in [-0.3, -0.25) is 14.3 Å². The maximum Gasteiger partial charge on any atom is 0.414 e. The van der Waals surface area contributed by atoms with Gasteiger partial charge in [0.1, 0.15) is 17.6 Å². The molecule has 2 aliphatic rings. The first-order chi connectivity index (χ1) is 17.7. The van der Waals surface area contributed by atoms with Crippen molar-refractivity contribution >= 4 is 31.0 Å². The molecule has 208 valence electrons. The van der Waals surface area contributed by atoms with E-state index in [1.807, 2.05) is 0 Å². The average Bonchev–Trinajstić information content (AvgIpc) is 3.23. The zero-order chi connectivity index (χ0) is 27.0. The molecule has 37 heavy (non-hydrogen) atoms. The molecule has 2 unspecified atom stereocenters. The van der Waals surface area contributed by atoms with Crippen LogP contribution in [0.3, 0.4) is 0 Å². The van der Waals surface area contributed by atoms with E-state index in [2.05, 4.69) is 10.6 Å². The van der Waals surface area contributed by atoms with Gasteiger partial charge in [0.2, 0.25) is 5.91 Å². The van der Waals surface area contributed by atoms with Gasteiger partial charge in [0.05, 0.1) is 45.2 Å². The number of ether oxygens (including phenoxy) is 3. The smallest absolute Gasteiger partial charge is 0.414 e. The van der Waals surface area contributed by atoms with Gasteiger partial charge in [0.15, 0.2) is 11.6 Å². The van der Waals surface area contributed by atoms with Crippen molar-refractivity contribution in [2.45, 2.75) is 18.8 Å². The van der Waals surface area contributed by atoms with Crippen molar-refractivity contribution < 1.29 is 46.2 Å². The highest BCUT2D eigenvalue weighted by Crippen LogP contribution is 2.55. The summed E-state index contributed by atoms with van der Waals surface area (Å²) in [7, 11) is -1.02. The summed E-state index contributed by atoms with van der Waals surface area (Å²) >= 11 is 0. The molecular formula is C22H33F2N4O8P. The summed E-state index contributed by atoms with van der Waals surface area (Å²) in [5.74, 6) is -3.25. The quantitative estimate of drug-likeness (QED) is 0.277. The monoisotopic (exact) mass is 550 g/mol. The molecule has 2 fully saturated rings. The molecule has 0 radical (unpaired) electrons. The van der Waals surface area contributed by atoms with Gasteiger partial charge in [-0.1, -0.05) is 0 Å². The summed E-state index contributed by atoms with van der Waals surface area (Å²) in [6.07, 6.45) is -1.45. The summed E-state index contributed by atoms with van der Waals surface area (Å²) in [5.41, 5.74) is -0.458. The molecule has 2 amide bonds. The van der Waals surface area contributed by atoms with Crippen molar-refractivity contribution in [1.82, 2.24) is 10.6 Å². The normalized spacial score (nSPS) is 20.3. The summed E-state index contributed by atoms with van der Waals surface area (Å²) in [5, 5.41) is 5.61. The molecule has 15 heteroatoms. The van der Waals surface area contributed by atoms with E-state index in [0.29, 0.717) is 6.54 Å². The average molecular weight is 550 g/mol. The Kier molecular flexibility index (Phi) is 10.6. The van der Waals surface area contributed by atoms with Crippen molar-refractivity contribution in [3.8, 4) is 0 Å². The van der Waals surface area contributed by atoms with Crippen LogP contribution in [0.15, 0.2) is 12.1 Å². The van der Waals surface area contributed by atoms with Crippen LogP contribution in [0.5, 0.6) is 0 Å². The zero-order valence-electron chi connectivity index (χ0n) is 21.0. The van der Waals surface area contributed by atoms with Gasteiger partial charge in [-0.05, 0) is 0 Å². The Bertz CT molecular complexity index is 966. The van der Waals surface area contributed by atoms with E-state index in [4.69, 9.17) is 23.3 Å². The number of carbonyl (C=O) groups excluding carboxylic acids is 2. The standard InChI is InChI=1S/C22H33F2N4O8P/c1-15(29)26-12-17-14-28(22(30)36-17)16-10-18(23)21(19(24)11-16)27-5-4-25-13-20(27)37(31,34-8-6-32-2)35-9-7-33-3/h10-11,17,20,25H,4-9,12-14H2,1-3H3,(H,26,29). The van der Waals surface area contributed by atoms with E-state index < -0.39 is 42.9 Å². The fourth-order valence-electron chi connectivity index (χ4n) is 4.02. The van der Waals surface area contributed by atoms with Crippen molar-refractivity contribution in [3.63, 3.8) is 0 Å². The van der Waals surface area contributed by atoms with E-state index in [-0.39, 0.29) is 64.2 Å². The van der Waals surface area contributed by atoms with Crippen molar-refractivity contribution in [2.24, 2.45) is 0 Å². The Morgan fingerprint density at radius 3 is 2.35 bits per heavy atom. The van der Waals surface area contributed by atoms with Gasteiger partial charge < -0.3 is 38.8 Å². The van der Waals surface area contributed by atoms with E-state index in [9.17, 15) is 14.2 Å². The molecular weight excluding hydrogens is 517 g/mol. The van der Waals surface area contributed by atoms with Crippen molar-refractivity contribution in [1.29, 1.82) is 0 Å². The number of cyclic esters (lactones) is 1. The van der Waals surface area contributed by atoms with Crippen LogP contribution in [0.2, 0.25) is 0 Å². The number of hydrogen-bond donors (Lipinski definition) is 2. The number of halogens is 2. The second kappa shape index (κ2) is 13.4. The van der Waals surface area contributed by atoms with Crippen LogP contribution in [0.1, 0.15) is 6.92 Å². The van der Waals surface area contributed by atoms with Crippen molar-refractivity contribution in [2.75, 3.05) is 83.2 Å². The lowest BCUT2D eigenvalue weighted by molar-refractivity contribution is -0.119. The molecule has 0 spiro atoms. The SMILES string of the molecule is COCCOP(=O)(OCCOC)C1CNCCN1c1c(F)cc(N2CC(CNC(C)=O)OC2=O)cc1F. The minimum absolute atomic E-state index is 0.00345. The van der Waals surface area contributed by atoms with Crippen LogP contribution in [-0.4, -0.2) is 97.3 Å². The Balaban J connectivity index is 1.86. The molecule has 2 saturated heterocycles. The van der Waals surface area contributed by atoms with Gasteiger partial charge in [-0.25, -0.2) is 13.6 Å². The van der Waals surface area contributed by atoms with Crippen molar-refractivity contribution in [3.05, 3.63) is 23.8 Å². The molecule has 1 aromatic carbocycles. The molecule has 2 aliphatic heterocycles. The van der Waals surface area contributed by atoms with Gasteiger partial charge in [0, 0.05) is 52.9 Å². The molecule has 0 aromatic heterocycles. The highest BCUT2D eigenvalue weighted by molar-refractivity contribution is 7.54. The Labute approximate surface area is 214 Å². The Morgan fingerprint density at radius 1 is 1.16 bits per heavy atom. The molecule has 2 atom stereocenters. The number of rotatable bonds is 13. The fraction of sp³-hybridized carbons (Fsp3) is 0.636. The number of methoxy groups -OCH3 is 2. The lowest BCUT2D eigenvalue weighted by atomic mass is 10.2. The minimum atomic E-state index is -3.93. The summed E-state index contributed by atoms with van der Waals surface area (Å²) in [6, 6.07) is 2.03. The fourth-order valence-corrected chi connectivity index (χ4v) is 6.02. The van der Waals surface area contributed by atoms with Crippen LogP contribution in [0.4, 0.5) is 25.0 Å². The first-order valence-corrected chi connectivity index (χ1v) is 13.4. The number of nitrogens with zero attached hydrogens (tertiary/aromatic N) is 2. The number of hydrogen-bond acceptors (Lipinski definition) is 10. The molecule has 12 nitrogen and oxygen atoms in total. The highest BCUT2D eigenvalue weighted by atomic mass is 31.2. The maximum absolute atomic E-state index is 15.5. The second-order valence-corrected chi connectivity index (χ2v) is 10.6. The topological polar surface area (TPSA) is 128 Å². The predicted molar refractivity (Wildman–Crippen MR) is 130 cm³/mol. The number of nitrogens with one attached hydrogen (secondary N) is 2. The van der Waals surface area contributed by atoms with E-state index in [0.717, 1.165) is 17.0 Å². The second-order valence-electron chi connectivity index (χ2n) is 8.38. The summed E-state index contributed by atoms with van der Waals surface area (Å²) in [6.45, 7) is 2.16. The lowest BCUT2D eigenvalue weighted by Crippen LogP contribution is -2.52. The van der Waals surface area contributed by atoms with E-state index >= 15 is 8.78 Å². The van der Waals surface area contributed by atoms with Gasteiger partial charge >= 0.3 is 13.7 Å². The van der Waals surface area contributed by atoms with Gasteiger partial charge in [-0.2, -0.15) is 0 Å². The molecule has 2 N–H and O–H groups in total. The maximum atomic E-state index is 15.5. The number of benzene rings is 1. The third kappa shape index (κ3) is 7.37. The minimum Gasteiger partial charge on any atom is -0.442 e.